The number of aliphatic hydroxyl groups is 1. The number of alkyl halides is 3. The van der Waals surface area contributed by atoms with Crippen molar-refractivity contribution in [1.82, 2.24) is 0 Å². The number of halogens is 3. The highest BCUT2D eigenvalue weighted by molar-refractivity contribution is 6.20. The molecule has 3 nitrogen and oxygen atoms in total. The molecule has 0 aliphatic heterocycles. The highest BCUT2D eigenvalue weighted by atomic mass is 35.5. The second-order valence-electron chi connectivity index (χ2n) is 4.48. The molecule has 0 radical (unpaired) electrons. The first-order chi connectivity index (χ1) is 9.89. The SMILES string of the molecule is NC(CO)c1ccc(-c2ccc(OC(F)(F)Cl)cc2)cc1. The Balaban J connectivity index is 2.15. The van der Waals surface area contributed by atoms with Crippen LogP contribution in [-0.2, 0) is 0 Å². The van der Waals surface area contributed by atoms with Crippen molar-refractivity contribution < 1.29 is 18.6 Å². The van der Waals surface area contributed by atoms with Crippen molar-refractivity contribution in [2.24, 2.45) is 5.73 Å². The molecular formula is C15H14ClF2NO2. The maximum atomic E-state index is 12.5. The summed E-state index contributed by atoms with van der Waals surface area (Å²) in [7, 11) is 0. The van der Waals surface area contributed by atoms with E-state index in [9.17, 15) is 8.78 Å². The Morgan fingerprint density at radius 2 is 1.52 bits per heavy atom. The average Bonchev–Trinajstić information content (AvgIpc) is 2.46. The number of rotatable bonds is 5. The van der Waals surface area contributed by atoms with E-state index in [0.29, 0.717) is 0 Å². The average molecular weight is 314 g/mol. The largest absolute Gasteiger partial charge is 0.487 e. The summed E-state index contributed by atoms with van der Waals surface area (Å²) in [5.74, 6) is -0.0160. The van der Waals surface area contributed by atoms with Crippen LogP contribution in [0, 0.1) is 0 Å². The molecule has 1 unspecified atom stereocenters. The fraction of sp³-hybridized carbons (Fsp3) is 0.200. The maximum Gasteiger partial charge on any atom is 0.487 e. The number of ether oxygens (including phenoxy) is 1. The van der Waals surface area contributed by atoms with Crippen molar-refractivity contribution in [3.05, 3.63) is 54.1 Å². The summed E-state index contributed by atoms with van der Waals surface area (Å²) in [6.07, 6.45) is 0. The van der Waals surface area contributed by atoms with Gasteiger partial charge in [-0.25, -0.2) is 0 Å². The zero-order valence-corrected chi connectivity index (χ0v) is 11.7. The van der Waals surface area contributed by atoms with Crippen molar-refractivity contribution in [3.8, 4) is 16.9 Å². The fourth-order valence-electron chi connectivity index (χ4n) is 1.88. The van der Waals surface area contributed by atoms with Gasteiger partial charge in [-0.2, -0.15) is 0 Å². The number of benzene rings is 2. The predicted molar refractivity (Wildman–Crippen MR) is 77.3 cm³/mol. The Morgan fingerprint density at radius 1 is 1.05 bits per heavy atom. The van der Waals surface area contributed by atoms with Gasteiger partial charge in [0.1, 0.15) is 5.75 Å². The standard InChI is InChI=1S/C15H14ClF2NO2/c16-15(17,18)21-13-7-5-11(6-8-13)10-1-3-12(4-2-10)14(19)9-20/h1-8,14,20H,9,19H2. The second kappa shape index (κ2) is 6.39. The molecule has 2 aromatic rings. The van der Waals surface area contributed by atoms with Gasteiger partial charge in [0.05, 0.1) is 12.6 Å². The number of nitrogens with two attached hydrogens (primary N) is 1. The third kappa shape index (κ3) is 4.39. The van der Waals surface area contributed by atoms with Crippen LogP contribution < -0.4 is 10.5 Å². The van der Waals surface area contributed by atoms with Crippen LogP contribution in [0.4, 0.5) is 8.78 Å². The number of hydrogen-bond acceptors (Lipinski definition) is 3. The van der Waals surface area contributed by atoms with Crippen LogP contribution in [-0.4, -0.2) is 17.3 Å². The molecule has 0 aliphatic carbocycles. The number of hydrogen-bond donors (Lipinski definition) is 2. The molecule has 0 heterocycles. The monoisotopic (exact) mass is 313 g/mol. The van der Waals surface area contributed by atoms with Crippen molar-refractivity contribution in [2.75, 3.05) is 6.61 Å². The Hall–Kier alpha value is -1.69. The molecule has 0 saturated carbocycles. The molecule has 2 aromatic carbocycles. The first-order valence-electron chi connectivity index (χ1n) is 6.21. The van der Waals surface area contributed by atoms with Crippen molar-refractivity contribution in [1.29, 1.82) is 0 Å². The van der Waals surface area contributed by atoms with Crippen LogP contribution in [0.2, 0.25) is 0 Å². The molecule has 0 aromatic heterocycles. The third-order valence-corrected chi connectivity index (χ3v) is 3.03. The van der Waals surface area contributed by atoms with E-state index in [-0.39, 0.29) is 12.4 Å². The zero-order chi connectivity index (χ0) is 15.5. The van der Waals surface area contributed by atoms with Crippen LogP contribution in [0.3, 0.4) is 0 Å². The minimum atomic E-state index is -3.72. The summed E-state index contributed by atoms with van der Waals surface area (Å²) in [5.41, 5.74) is 4.55. The molecular weight excluding hydrogens is 300 g/mol. The van der Waals surface area contributed by atoms with E-state index in [1.807, 2.05) is 24.3 Å². The molecule has 0 saturated heterocycles. The van der Waals surface area contributed by atoms with Crippen LogP contribution in [0.15, 0.2) is 48.5 Å². The Kier molecular flexibility index (Phi) is 4.77. The van der Waals surface area contributed by atoms with Crippen molar-refractivity contribution >= 4 is 11.6 Å². The molecule has 3 N–H and O–H groups in total. The van der Waals surface area contributed by atoms with E-state index < -0.39 is 11.6 Å². The summed E-state index contributed by atoms with van der Waals surface area (Å²) in [5, 5.41) is 8.99. The smallest absolute Gasteiger partial charge is 0.420 e. The van der Waals surface area contributed by atoms with E-state index in [0.717, 1.165) is 16.7 Å². The quantitative estimate of drug-likeness (QED) is 0.831. The summed E-state index contributed by atoms with van der Waals surface area (Å²) in [6.45, 7) is -0.127. The summed E-state index contributed by atoms with van der Waals surface area (Å²) < 4.78 is 29.2. The van der Waals surface area contributed by atoms with E-state index >= 15 is 0 Å². The lowest BCUT2D eigenvalue weighted by Crippen LogP contribution is -2.15. The number of aliphatic hydroxyl groups excluding tert-OH is 1. The molecule has 0 bridgehead atoms. The molecule has 0 aliphatic rings. The van der Waals surface area contributed by atoms with E-state index in [1.54, 1.807) is 12.1 Å². The van der Waals surface area contributed by atoms with Gasteiger partial charge in [0.25, 0.3) is 0 Å². The molecule has 0 amide bonds. The highest BCUT2D eigenvalue weighted by Gasteiger charge is 2.27. The van der Waals surface area contributed by atoms with Crippen LogP contribution in [0.5, 0.6) is 5.75 Å². The van der Waals surface area contributed by atoms with Gasteiger partial charge in [0.2, 0.25) is 0 Å². The minimum Gasteiger partial charge on any atom is -0.420 e. The lowest BCUT2D eigenvalue weighted by Gasteiger charge is -2.11. The first-order valence-corrected chi connectivity index (χ1v) is 6.59. The maximum absolute atomic E-state index is 12.5. The lowest BCUT2D eigenvalue weighted by atomic mass is 10.0. The Bertz CT molecular complexity index is 582. The van der Waals surface area contributed by atoms with E-state index in [4.69, 9.17) is 22.4 Å². The van der Waals surface area contributed by atoms with Crippen LogP contribution in [0.25, 0.3) is 11.1 Å². The first kappa shape index (κ1) is 15.7. The van der Waals surface area contributed by atoms with Crippen molar-refractivity contribution in [3.63, 3.8) is 0 Å². The van der Waals surface area contributed by atoms with Gasteiger partial charge in [0.15, 0.2) is 0 Å². The van der Waals surface area contributed by atoms with Gasteiger partial charge in [-0.3, -0.25) is 0 Å². The van der Waals surface area contributed by atoms with E-state index in [1.165, 1.54) is 12.1 Å². The summed E-state index contributed by atoms with van der Waals surface area (Å²) >= 11 is 4.70. The minimum absolute atomic E-state index is 0.0160. The second-order valence-corrected chi connectivity index (χ2v) is 4.92. The molecule has 112 valence electrons. The van der Waals surface area contributed by atoms with Crippen LogP contribution >= 0.6 is 11.6 Å². The van der Waals surface area contributed by atoms with Gasteiger partial charge < -0.3 is 15.6 Å². The molecule has 0 spiro atoms. The topological polar surface area (TPSA) is 55.5 Å². The van der Waals surface area contributed by atoms with E-state index in [2.05, 4.69) is 4.74 Å². The van der Waals surface area contributed by atoms with Gasteiger partial charge >= 0.3 is 5.57 Å². The van der Waals surface area contributed by atoms with Crippen LogP contribution in [0.1, 0.15) is 11.6 Å². The Labute approximate surface area is 125 Å². The lowest BCUT2D eigenvalue weighted by molar-refractivity contribution is -0.0964. The summed E-state index contributed by atoms with van der Waals surface area (Å²) in [6, 6.07) is 13.0. The highest BCUT2D eigenvalue weighted by Crippen LogP contribution is 2.28. The van der Waals surface area contributed by atoms with Gasteiger partial charge in [0, 0.05) is 11.6 Å². The van der Waals surface area contributed by atoms with Gasteiger partial charge in [-0.1, -0.05) is 36.4 Å². The van der Waals surface area contributed by atoms with Crippen molar-refractivity contribution in [2.45, 2.75) is 11.6 Å². The molecule has 2 rings (SSSR count). The normalized spacial score (nSPS) is 13.0. The van der Waals surface area contributed by atoms with Gasteiger partial charge in [-0.15, -0.1) is 8.78 Å². The predicted octanol–water partition coefficient (Wildman–Crippen LogP) is 3.51. The van der Waals surface area contributed by atoms with Gasteiger partial charge in [-0.05, 0) is 28.8 Å². The molecule has 6 heteroatoms. The molecule has 1 atom stereocenters. The fourth-order valence-corrected chi connectivity index (χ4v) is 1.97. The third-order valence-electron chi connectivity index (χ3n) is 2.96. The molecule has 0 fully saturated rings. The molecule has 21 heavy (non-hydrogen) atoms. The summed E-state index contributed by atoms with van der Waals surface area (Å²) in [4.78, 5) is 0. The zero-order valence-electron chi connectivity index (χ0n) is 11.0. The Morgan fingerprint density at radius 3 is 1.95 bits per heavy atom.